The van der Waals surface area contributed by atoms with Crippen LogP contribution in [0.25, 0.3) is 21.8 Å². The molecule has 5 atom stereocenters. The lowest BCUT2D eigenvalue weighted by Crippen LogP contribution is -2.42. The monoisotopic (exact) mass is 410 g/mol. The van der Waals surface area contributed by atoms with Gasteiger partial charge in [-0.1, -0.05) is 42.8 Å². The summed E-state index contributed by atoms with van der Waals surface area (Å²) in [7, 11) is 0. The molecule has 4 nitrogen and oxygen atoms in total. The van der Waals surface area contributed by atoms with E-state index in [0.29, 0.717) is 19.0 Å². The zero-order valence-corrected chi connectivity index (χ0v) is 17.9. The highest BCUT2D eigenvalue weighted by Gasteiger charge is 2.41. The molecule has 29 heavy (non-hydrogen) atoms. The number of benzene rings is 2. The molecule has 0 saturated heterocycles. The third-order valence-electron chi connectivity index (χ3n) is 7.17. The maximum Gasteiger partial charge on any atom is 0.115 e. The first kappa shape index (κ1) is 19.4. The summed E-state index contributed by atoms with van der Waals surface area (Å²) >= 11 is -1.06. The van der Waals surface area contributed by atoms with Crippen molar-refractivity contribution in [2.45, 2.75) is 38.3 Å². The minimum Gasteiger partial charge on any atom is -0.598 e. The highest BCUT2D eigenvalue weighted by Crippen LogP contribution is 2.48. The summed E-state index contributed by atoms with van der Waals surface area (Å²) in [4.78, 5) is 0. The quantitative estimate of drug-likeness (QED) is 0.594. The number of hydrogen-bond donors (Lipinski definition) is 1. The molecular weight excluding hydrogens is 380 g/mol. The van der Waals surface area contributed by atoms with E-state index in [1.54, 1.807) is 6.26 Å². The summed E-state index contributed by atoms with van der Waals surface area (Å²) in [6, 6.07) is 16.7. The summed E-state index contributed by atoms with van der Waals surface area (Å²) in [5, 5.41) is 13.4. The van der Waals surface area contributed by atoms with E-state index >= 15 is 0 Å². The van der Waals surface area contributed by atoms with E-state index in [1.807, 2.05) is 16.4 Å². The highest BCUT2D eigenvalue weighted by molar-refractivity contribution is 7.88. The van der Waals surface area contributed by atoms with Crippen molar-refractivity contribution in [3.8, 4) is 0 Å². The van der Waals surface area contributed by atoms with Crippen LogP contribution in [-0.2, 0) is 17.9 Å². The Balaban J connectivity index is 1.34. The minimum atomic E-state index is -1.06. The summed E-state index contributed by atoms with van der Waals surface area (Å²) < 4.78 is 16.6. The van der Waals surface area contributed by atoms with Crippen molar-refractivity contribution in [1.29, 1.82) is 0 Å². The average molecular weight is 411 g/mol. The molecular formula is C24H30N2O2S. The van der Waals surface area contributed by atoms with Gasteiger partial charge in [0.05, 0.1) is 19.2 Å². The van der Waals surface area contributed by atoms with Gasteiger partial charge in [-0.3, -0.25) is 0 Å². The Bertz CT molecular complexity index is 948. The van der Waals surface area contributed by atoms with Gasteiger partial charge in [0.15, 0.2) is 0 Å². The molecule has 0 radical (unpaired) electrons. The molecule has 154 valence electrons. The second kappa shape index (κ2) is 7.95. The maximum atomic E-state index is 12.4. The van der Waals surface area contributed by atoms with Crippen molar-refractivity contribution in [2.24, 2.45) is 17.8 Å². The van der Waals surface area contributed by atoms with Gasteiger partial charge in [-0.25, -0.2) is 0 Å². The normalized spacial score (nSPS) is 26.0. The van der Waals surface area contributed by atoms with Gasteiger partial charge in [-0.15, -0.1) is 4.31 Å². The third-order valence-corrected chi connectivity index (χ3v) is 8.20. The molecule has 2 saturated carbocycles. The van der Waals surface area contributed by atoms with Crippen LogP contribution < -0.4 is 0 Å². The Morgan fingerprint density at radius 2 is 1.72 bits per heavy atom. The fourth-order valence-corrected chi connectivity index (χ4v) is 6.63. The number of aliphatic hydroxyl groups excluding tert-OH is 1. The first-order valence-corrected chi connectivity index (χ1v) is 12.3. The van der Waals surface area contributed by atoms with Gasteiger partial charge >= 0.3 is 0 Å². The molecule has 5 heteroatoms. The molecule has 5 rings (SSSR count). The van der Waals surface area contributed by atoms with Gasteiger partial charge in [0.1, 0.15) is 6.26 Å². The number of para-hydroxylation sites is 2. The molecule has 0 amide bonds. The zero-order chi connectivity index (χ0) is 20.0. The predicted molar refractivity (Wildman–Crippen MR) is 120 cm³/mol. The number of nitrogens with zero attached hydrogens (tertiary/aromatic N) is 2. The van der Waals surface area contributed by atoms with Crippen molar-refractivity contribution in [1.82, 2.24) is 8.87 Å². The lowest BCUT2D eigenvalue weighted by atomic mass is 9.89. The summed E-state index contributed by atoms with van der Waals surface area (Å²) in [5.41, 5.74) is 2.29. The molecule has 1 aromatic heterocycles. The molecule has 2 fully saturated rings. The van der Waals surface area contributed by atoms with E-state index in [-0.39, 0.29) is 0 Å². The molecule has 2 aliphatic carbocycles. The Morgan fingerprint density at radius 1 is 1.07 bits per heavy atom. The Labute approximate surface area is 175 Å². The van der Waals surface area contributed by atoms with E-state index in [9.17, 15) is 9.66 Å². The molecule has 1 heterocycles. The molecule has 2 aromatic carbocycles. The van der Waals surface area contributed by atoms with Gasteiger partial charge < -0.3 is 14.2 Å². The Hall–Kier alpha value is -1.53. The molecule has 3 aromatic rings. The molecule has 0 spiro atoms. The Kier molecular flexibility index (Phi) is 5.33. The van der Waals surface area contributed by atoms with Crippen LogP contribution in [0.4, 0.5) is 0 Å². The minimum absolute atomic E-state index is 0.456. The first-order valence-electron chi connectivity index (χ1n) is 10.8. The predicted octanol–water partition coefficient (Wildman–Crippen LogP) is 4.19. The van der Waals surface area contributed by atoms with Crippen LogP contribution >= 0.6 is 0 Å². The molecule has 1 N–H and O–H groups in total. The molecule has 2 bridgehead atoms. The van der Waals surface area contributed by atoms with Gasteiger partial charge in [-0.2, -0.15) is 0 Å². The van der Waals surface area contributed by atoms with Crippen molar-refractivity contribution >= 4 is 33.2 Å². The van der Waals surface area contributed by atoms with Gasteiger partial charge in [-0.05, 0) is 49.1 Å². The van der Waals surface area contributed by atoms with Gasteiger partial charge in [0.25, 0.3) is 0 Å². The molecule has 2 aliphatic rings. The van der Waals surface area contributed by atoms with Gasteiger partial charge in [0.2, 0.25) is 0 Å². The van der Waals surface area contributed by atoms with Crippen molar-refractivity contribution in [3.05, 3.63) is 48.5 Å². The first-order chi connectivity index (χ1) is 14.1. The fraction of sp³-hybridized carbons (Fsp3) is 0.500. The van der Waals surface area contributed by atoms with Crippen LogP contribution in [0.5, 0.6) is 0 Å². The smallest absolute Gasteiger partial charge is 0.115 e. The van der Waals surface area contributed by atoms with E-state index in [4.69, 9.17) is 0 Å². The van der Waals surface area contributed by atoms with Crippen LogP contribution in [0.1, 0.15) is 25.7 Å². The Morgan fingerprint density at radius 3 is 2.28 bits per heavy atom. The van der Waals surface area contributed by atoms with Crippen LogP contribution in [0.2, 0.25) is 0 Å². The zero-order valence-electron chi connectivity index (χ0n) is 17.0. The SMILES string of the molecule is C[S+]([O-])N(CC(O)Cn1c2ccccc2c2ccccc21)CC1CC2CCC1C2. The standard InChI is InChI=1S/C24H30N2O2S/c1-29(28)25(14-19-13-17-10-11-18(19)12-17)15-20(27)16-26-23-8-4-2-6-21(23)22-7-3-5-9-24(22)26/h2-9,17-20,27H,10-16H2,1H3. The second-order valence-electron chi connectivity index (χ2n) is 9.00. The molecule has 5 unspecified atom stereocenters. The fourth-order valence-electron chi connectivity index (χ4n) is 5.85. The number of hydrogen-bond acceptors (Lipinski definition) is 3. The van der Waals surface area contributed by atoms with Crippen LogP contribution in [-0.4, -0.2) is 44.0 Å². The van der Waals surface area contributed by atoms with Gasteiger partial charge in [0, 0.05) is 39.7 Å². The average Bonchev–Trinajstić information content (AvgIpc) is 3.42. The second-order valence-corrected chi connectivity index (χ2v) is 10.4. The summed E-state index contributed by atoms with van der Waals surface area (Å²) in [6.07, 6.45) is 6.55. The summed E-state index contributed by atoms with van der Waals surface area (Å²) in [5.74, 6) is 2.35. The number of aliphatic hydroxyl groups is 1. The van der Waals surface area contributed by atoms with E-state index in [1.165, 1.54) is 36.5 Å². The topological polar surface area (TPSA) is 51.5 Å². The number of fused-ring (bicyclic) bond motifs is 5. The van der Waals surface area contributed by atoms with Crippen LogP contribution in [0, 0.1) is 17.8 Å². The van der Waals surface area contributed by atoms with Crippen molar-refractivity contribution in [3.63, 3.8) is 0 Å². The summed E-state index contributed by atoms with van der Waals surface area (Å²) in [6.45, 7) is 1.82. The third kappa shape index (κ3) is 3.70. The number of rotatable bonds is 7. The van der Waals surface area contributed by atoms with E-state index in [2.05, 4.69) is 41.0 Å². The van der Waals surface area contributed by atoms with Crippen LogP contribution in [0.3, 0.4) is 0 Å². The van der Waals surface area contributed by atoms with E-state index < -0.39 is 17.5 Å². The van der Waals surface area contributed by atoms with Crippen molar-refractivity contribution < 1.29 is 9.66 Å². The lowest BCUT2D eigenvalue weighted by Gasteiger charge is -2.30. The van der Waals surface area contributed by atoms with Crippen molar-refractivity contribution in [2.75, 3.05) is 19.3 Å². The maximum absolute atomic E-state index is 12.4. The molecule has 0 aliphatic heterocycles. The largest absolute Gasteiger partial charge is 0.598 e. The lowest BCUT2D eigenvalue weighted by molar-refractivity contribution is 0.121. The number of aromatic nitrogens is 1. The van der Waals surface area contributed by atoms with E-state index in [0.717, 1.165) is 29.4 Å². The van der Waals surface area contributed by atoms with Crippen LogP contribution in [0.15, 0.2) is 48.5 Å². The highest BCUT2D eigenvalue weighted by atomic mass is 32.2.